The SMILES string of the molecule is [CH]1Cc2cccc(C=Cc3ccccc3)c2O1. The number of rotatable bonds is 2. The first-order valence-corrected chi connectivity index (χ1v) is 5.77. The van der Waals surface area contributed by atoms with Crippen molar-refractivity contribution >= 4 is 12.2 Å². The minimum Gasteiger partial charge on any atom is -0.485 e. The lowest BCUT2D eigenvalue weighted by Gasteiger charge is -2.02. The van der Waals surface area contributed by atoms with Crippen molar-refractivity contribution in [1.29, 1.82) is 0 Å². The molecule has 0 atom stereocenters. The minimum absolute atomic E-state index is 0.905. The van der Waals surface area contributed by atoms with Gasteiger partial charge in [0.05, 0.1) is 0 Å². The average molecular weight is 221 g/mol. The van der Waals surface area contributed by atoms with Gasteiger partial charge in [-0.3, -0.25) is 0 Å². The van der Waals surface area contributed by atoms with Gasteiger partial charge in [0, 0.05) is 12.0 Å². The van der Waals surface area contributed by atoms with E-state index in [1.54, 1.807) is 0 Å². The van der Waals surface area contributed by atoms with Crippen molar-refractivity contribution < 1.29 is 4.74 Å². The highest BCUT2D eigenvalue weighted by molar-refractivity contribution is 5.73. The highest BCUT2D eigenvalue weighted by Gasteiger charge is 2.14. The highest BCUT2D eigenvalue weighted by atomic mass is 16.5. The standard InChI is InChI=1S/C16H13O/c1-2-5-13(6-3-1)9-10-14-7-4-8-15-11-12-17-16(14)15/h1-10,12H,11H2. The zero-order valence-electron chi connectivity index (χ0n) is 9.47. The van der Waals surface area contributed by atoms with Gasteiger partial charge in [-0.1, -0.05) is 60.7 Å². The molecular weight excluding hydrogens is 208 g/mol. The molecule has 1 heterocycles. The molecule has 2 aromatic carbocycles. The molecule has 17 heavy (non-hydrogen) atoms. The largest absolute Gasteiger partial charge is 0.485 e. The molecule has 3 rings (SSSR count). The fraction of sp³-hybridized carbons (Fsp3) is 0.0625. The topological polar surface area (TPSA) is 9.23 Å². The minimum atomic E-state index is 0.905. The zero-order valence-corrected chi connectivity index (χ0v) is 9.47. The Hall–Kier alpha value is -2.02. The molecule has 1 nitrogen and oxygen atoms in total. The van der Waals surface area contributed by atoms with Crippen molar-refractivity contribution in [1.82, 2.24) is 0 Å². The van der Waals surface area contributed by atoms with Gasteiger partial charge >= 0.3 is 0 Å². The number of fused-ring (bicyclic) bond motifs is 1. The van der Waals surface area contributed by atoms with Gasteiger partial charge in [0.15, 0.2) is 0 Å². The predicted molar refractivity (Wildman–Crippen MR) is 70.4 cm³/mol. The summed E-state index contributed by atoms with van der Waals surface area (Å²) in [6.45, 7) is 1.85. The summed E-state index contributed by atoms with van der Waals surface area (Å²) in [5.41, 5.74) is 3.60. The summed E-state index contributed by atoms with van der Waals surface area (Å²) in [6.07, 6.45) is 5.12. The van der Waals surface area contributed by atoms with Crippen LogP contribution in [-0.4, -0.2) is 0 Å². The Kier molecular flexibility index (Phi) is 2.66. The summed E-state index contributed by atoms with van der Waals surface area (Å²) in [7, 11) is 0. The number of hydrogen-bond donors (Lipinski definition) is 0. The monoisotopic (exact) mass is 221 g/mol. The fourth-order valence-electron chi connectivity index (χ4n) is 2.01. The van der Waals surface area contributed by atoms with Crippen molar-refractivity contribution in [3.05, 3.63) is 71.8 Å². The van der Waals surface area contributed by atoms with Crippen LogP contribution in [0.5, 0.6) is 5.75 Å². The summed E-state index contributed by atoms with van der Waals surface area (Å²) in [5, 5.41) is 0. The van der Waals surface area contributed by atoms with Gasteiger partial charge in [-0.15, -0.1) is 0 Å². The van der Waals surface area contributed by atoms with Crippen molar-refractivity contribution in [2.45, 2.75) is 6.42 Å². The molecule has 0 saturated carbocycles. The molecule has 0 unspecified atom stereocenters. The smallest absolute Gasteiger partial charge is 0.140 e. The van der Waals surface area contributed by atoms with E-state index in [9.17, 15) is 0 Å². The first-order chi connectivity index (χ1) is 8.43. The Labute approximate surface area is 101 Å². The third kappa shape index (κ3) is 2.09. The van der Waals surface area contributed by atoms with Gasteiger partial charge in [0.2, 0.25) is 0 Å². The van der Waals surface area contributed by atoms with Crippen molar-refractivity contribution in [2.75, 3.05) is 0 Å². The van der Waals surface area contributed by atoms with Gasteiger partial charge in [-0.05, 0) is 11.1 Å². The third-order valence-electron chi connectivity index (χ3n) is 2.89. The Morgan fingerprint density at radius 3 is 2.65 bits per heavy atom. The first kappa shape index (κ1) is 10.2. The molecule has 1 heteroatoms. The Bertz CT molecular complexity index is 541. The molecule has 83 valence electrons. The molecule has 0 N–H and O–H groups in total. The summed E-state index contributed by atoms with van der Waals surface area (Å²) in [6, 6.07) is 16.6. The van der Waals surface area contributed by atoms with Crippen LogP contribution >= 0.6 is 0 Å². The maximum Gasteiger partial charge on any atom is 0.140 e. The molecule has 0 spiro atoms. The van der Waals surface area contributed by atoms with Crippen LogP contribution in [0.25, 0.3) is 12.2 Å². The maximum atomic E-state index is 5.54. The number of hydrogen-bond acceptors (Lipinski definition) is 1. The summed E-state index contributed by atoms with van der Waals surface area (Å²) >= 11 is 0. The van der Waals surface area contributed by atoms with E-state index in [1.807, 2.05) is 24.8 Å². The van der Waals surface area contributed by atoms with Crippen LogP contribution in [0.4, 0.5) is 0 Å². The van der Waals surface area contributed by atoms with E-state index in [0.717, 1.165) is 17.7 Å². The molecule has 1 aliphatic heterocycles. The van der Waals surface area contributed by atoms with Gasteiger partial charge in [-0.25, -0.2) is 0 Å². The lowest BCUT2D eigenvalue weighted by atomic mass is 10.1. The number of para-hydroxylation sites is 1. The van der Waals surface area contributed by atoms with Crippen LogP contribution in [-0.2, 0) is 6.42 Å². The van der Waals surface area contributed by atoms with E-state index in [-0.39, 0.29) is 0 Å². The van der Waals surface area contributed by atoms with Crippen molar-refractivity contribution in [3.63, 3.8) is 0 Å². The molecule has 0 saturated heterocycles. The fourth-order valence-corrected chi connectivity index (χ4v) is 2.01. The molecule has 0 fully saturated rings. The van der Waals surface area contributed by atoms with Crippen LogP contribution in [0.15, 0.2) is 48.5 Å². The Morgan fingerprint density at radius 2 is 1.76 bits per heavy atom. The van der Waals surface area contributed by atoms with E-state index in [0.29, 0.717) is 0 Å². The van der Waals surface area contributed by atoms with E-state index < -0.39 is 0 Å². The molecular formula is C16H13O. The second kappa shape index (κ2) is 4.46. The van der Waals surface area contributed by atoms with Crippen molar-refractivity contribution in [3.8, 4) is 5.75 Å². The quantitative estimate of drug-likeness (QED) is 0.697. The van der Waals surface area contributed by atoms with E-state index in [1.165, 1.54) is 11.1 Å². The lowest BCUT2D eigenvalue weighted by molar-refractivity contribution is 0.434. The van der Waals surface area contributed by atoms with Crippen molar-refractivity contribution in [2.24, 2.45) is 0 Å². The van der Waals surface area contributed by atoms with Crippen LogP contribution in [0.3, 0.4) is 0 Å². The van der Waals surface area contributed by atoms with E-state index in [4.69, 9.17) is 4.74 Å². The van der Waals surface area contributed by atoms with Gasteiger partial charge in [0.25, 0.3) is 0 Å². The average Bonchev–Trinajstić information content (AvgIpc) is 2.86. The Morgan fingerprint density at radius 1 is 0.882 bits per heavy atom. The lowest BCUT2D eigenvalue weighted by Crippen LogP contribution is -1.82. The van der Waals surface area contributed by atoms with Crippen LogP contribution in [0.1, 0.15) is 16.7 Å². The maximum absolute atomic E-state index is 5.54. The summed E-state index contributed by atoms with van der Waals surface area (Å²) in [5.74, 6) is 1.000. The van der Waals surface area contributed by atoms with Crippen LogP contribution in [0, 0.1) is 6.61 Å². The normalized spacial score (nSPS) is 13.6. The van der Waals surface area contributed by atoms with Crippen LogP contribution in [0.2, 0.25) is 0 Å². The second-order valence-corrected chi connectivity index (χ2v) is 4.07. The van der Waals surface area contributed by atoms with Gasteiger partial charge in [-0.2, -0.15) is 0 Å². The molecule has 0 aromatic heterocycles. The second-order valence-electron chi connectivity index (χ2n) is 4.07. The highest BCUT2D eigenvalue weighted by Crippen LogP contribution is 2.32. The molecule has 2 aromatic rings. The van der Waals surface area contributed by atoms with E-state index in [2.05, 4.69) is 42.5 Å². The van der Waals surface area contributed by atoms with Crippen LogP contribution < -0.4 is 4.74 Å². The summed E-state index contributed by atoms with van der Waals surface area (Å²) in [4.78, 5) is 0. The van der Waals surface area contributed by atoms with Gasteiger partial charge in [0.1, 0.15) is 12.4 Å². The number of ether oxygens (including phenoxy) is 1. The predicted octanol–water partition coefficient (Wildman–Crippen LogP) is 3.95. The first-order valence-electron chi connectivity index (χ1n) is 5.77. The third-order valence-corrected chi connectivity index (χ3v) is 2.89. The Balaban J connectivity index is 1.91. The number of benzene rings is 2. The molecule has 0 aliphatic carbocycles. The molecule has 1 radical (unpaired) electrons. The van der Waals surface area contributed by atoms with E-state index >= 15 is 0 Å². The molecule has 1 aliphatic rings. The zero-order chi connectivity index (χ0) is 11.5. The molecule has 0 amide bonds. The molecule has 0 bridgehead atoms. The van der Waals surface area contributed by atoms with Gasteiger partial charge < -0.3 is 4.74 Å². The summed E-state index contributed by atoms with van der Waals surface area (Å²) < 4.78 is 5.54.